The lowest BCUT2D eigenvalue weighted by atomic mass is 9.98. The molecule has 5 nitrogen and oxygen atoms in total. The summed E-state index contributed by atoms with van der Waals surface area (Å²) in [4.78, 5) is 19.7. The fourth-order valence-electron chi connectivity index (χ4n) is 7.02. The molecule has 0 atom stereocenters. The molecule has 6 heteroatoms. The maximum absolute atomic E-state index is 4.98. The van der Waals surface area contributed by atoms with Crippen molar-refractivity contribution in [1.82, 2.24) is 24.5 Å². The van der Waals surface area contributed by atoms with E-state index in [0.717, 1.165) is 33.5 Å². The normalized spacial score (nSPS) is 11.6. The van der Waals surface area contributed by atoms with E-state index in [1.807, 2.05) is 84.3 Å². The lowest BCUT2D eigenvalue weighted by Gasteiger charge is -2.11. The molecule has 0 amide bonds. The number of thiophene rings is 1. The molecule has 234 valence electrons. The van der Waals surface area contributed by atoms with Gasteiger partial charge in [0.25, 0.3) is 0 Å². The fraction of sp³-hybridized carbons (Fsp3) is 0. The van der Waals surface area contributed by atoms with E-state index in [0.29, 0.717) is 17.5 Å². The van der Waals surface area contributed by atoms with Gasteiger partial charge in [0.15, 0.2) is 17.5 Å². The Labute approximate surface area is 291 Å². The molecule has 0 aliphatic heterocycles. The third-order valence-corrected chi connectivity index (χ3v) is 10.5. The Bertz CT molecular complexity index is 2820. The summed E-state index contributed by atoms with van der Waals surface area (Å²) in [6.45, 7) is 0. The average molecular weight is 658 g/mol. The van der Waals surface area contributed by atoms with E-state index < -0.39 is 0 Å². The van der Waals surface area contributed by atoms with Crippen LogP contribution >= 0.6 is 11.3 Å². The molecule has 0 radical (unpaired) electrons. The number of para-hydroxylation sites is 1. The summed E-state index contributed by atoms with van der Waals surface area (Å²) in [6, 6.07) is 54.9. The molecule has 0 fully saturated rings. The van der Waals surface area contributed by atoms with Crippen molar-refractivity contribution in [2.75, 3.05) is 0 Å². The van der Waals surface area contributed by atoms with Gasteiger partial charge in [-0.2, -0.15) is 0 Å². The summed E-state index contributed by atoms with van der Waals surface area (Å²) in [6.07, 6.45) is 1.84. The van der Waals surface area contributed by atoms with E-state index >= 15 is 0 Å². The van der Waals surface area contributed by atoms with E-state index in [2.05, 4.69) is 95.6 Å². The summed E-state index contributed by atoms with van der Waals surface area (Å²) < 4.78 is 4.86. The van der Waals surface area contributed by atoms with Gasteiger partial charge in [0.1, 0.15) is 5.82 Å². The molecule has 0 saturated carbocycles. The molecule has 6 aromatic carbocycles. The van der Waals surface area contributed by atoms with Crippen molar-refractivity contribution in [3.8, 4) is 51.1 Å². The molecule has 4 aromatic heterocycles. The minimum atomic E-state index is 0.598. The molecular weight excluding hydrogens is 631 g/mol. The fourth-order valence-corrected chi connectivity index (χ4v) is 8.15. The Kier molecular flexibility index (Phi) is 6.60. The van der Waals surface area contributed by atoms with Gasteiger partial charge in [0, 0.05) is 53.8 Å². The monoisotopic (exact) mass is 657 g/mol. The Balaban J connectivity index is 1.15. The summed E-state index contributed by atoms with van der Waals surface area (Å²) in [5.74, 6) is 2.66. The molecule has 0 spiro atoms. The predicted molar refractivity (Wildman–Crippen MR) is 207 cm³/mol. The number of benzene rings is 6. The van der Waals surface area contributed by atoms with Crippen LogP contribution < -0.4 is 0 Å². The van der Waals surface area contributed by atoms with Gasteiger partial charge in [0.2, 0.25) is 0 Å². The minimum absolute atomic E-state index is 0.598. The van der Waals surface area contributed by atoms with Crippen LogP contribution in [-0.2, 0) is 0 Å². The number of fused-ring (bicyclic) bond motifs is 6. The smallest absolute Gasteiger partial charge is 0.164 e. The van der Waals surface area contributed by atoms with Crippen molar-refractivity contribution in [2.45, 2.75) is 0 Å². The number of aromatic nitrogens is 5. The van der Waals surface area contributed by atoms with Crippen molar-refractivity contribution in [3.05, 3.63) is 164 Å². The number of pyridine rings is 1. The van der Waals surface area contributed by atoms with Crippen LogP contribution in [0.2, 0.25) is 0 Å². The Morgan fingerprint density at radius 3 is 1.80 bits per heavy atom. The molecule has 50 heavy (non-hydrogen) atoms. The molecular formula is C44H27N5S. The quantitative estimate of drug-likeness (QED) is 0.185. The Morgan fingerprint density at radius 1 is 0.420 bits per heavy atom. The second-order valence-corrected chi connectivity index (χ2v) is 13.4. The molecule has 4 heterocycles. The topological polar surface area (TPSA) is 56.5 Å². The van der Waals surface area contributed by atoms with Gasteiger partial charge in [-0.1, -0.05) is 115 Å². The van der Waals surface area contributed by atoms with E-state index in [1.165, 1.54) is 42.1 Å². The lowest BCUT2D eigenvalue weighted by molar-refractivity contribution is 1.05. The zero-order chi connectivity index (χ0) is 33.0. The minimum Gasteiger partial charge on any atom is -0.294 e. The van der Waals surface area contributed by atoms with Crippen LogP contribution in [0.1, 0.15) is 0 Å². The van der Waals surface area contributed by atoms with Crippen LogP contribution in [0.5, 0.6) is 0 Å². The van der Waals surface area contributed by atoms with Crippen molar-refractivity contribution >= 4 is 53.3 Å². The van der Waals surface area contributed by atoms with Crippen molar-refractivity contribution in [3.63, 3.8) is 0 Å². The highest BCUT2D eigenvalue weighted by atomic mass is 32.1. The Morgan fingerprint density at radius 2 is 1.04 bits per heavy atom. The van der Waals surface area contributed by atoms with Gasteiger partial charge in [-0.05, 0) is 53.6 Å². The van der Waals surface area contributed by atoms with Crippen molar-refractivity contribution in [2.24, 2.45) is 0 Å². The number of nitrogens with zero attached hydrogens (tertiary/aromatic N) is 5. The standard InChI is InChI=1S/C44H27N5S/c1-3-12-28(13-4-1)42-46-43(29-14-5-2-6-15-29)48-44(47-42)31-24-25-45-40(27-31)49-36-19-9-7-16-33(36)35-26-30(22-23-37(35)49)32-18-11-21-39-41(32)34-17-8-10-20-38(34)50-39/h1-27H. The van der Waals surface area contributed by atoms with Gasteiger partial charge in [0.05, 0.1) is 11.0 Å². The lowest BCUT2D eigenvalue weighted by Crippen LogP contribution is -2.02. The molecule has 0 aliphatic rings. The summed E-state index contributed by atoms with van der Waals surface area (Å²) in [7, 11) is 0. The average Bonchev–Trinajstić information content (AvgIpc) is 3.74. The van der Waals surface area contributed by atoms with Gasteiger partial charge < -0.3 is 0 Å². The van der Waals surface area contributed by atoms with Gasteiger partial charge >= 0.3 is 0 Å². The maximum atomic E-state index is 4.98. The molecule has 0 aliphatic carbocycles. The van der Waals surface area contributed by atoms with E-state index in [1.54, 1.807) is 0 Å². The first-order valence-electron chi connectivity index (χ1n) is 16.6. The second-order valence-electron chi connectivity index (χ2n) is 12.3. The first-order valence-corrected chi connectivity index (χ1v) is 17.4. The van der Waals surface area contributed by atoms with Crippen molar-refractivity contribution < 1.29 is 0 Å². The molecule has 0 N–H and O–H groups in total. The van der Waals surface area contributed by atoms with E-state index in [-0.39, 0.29) is 0 Å². The number of rotatable bonds is 5. The highest BCUT2D eigenvalue weighted by Gasteiger charge is 2.18. The van der Waals surface area contributed by atoms with Crippen LogP contribution in [0.15, 0.2) is 164 Å². The van der Waals surface area contributed by atoms with Crippen LogP contribution in [0.4, 0.5) is 0 Å². The summed E-state index contributed by atoms with van der Waals surface area (Å²) in [5.41, 5.74) is 7.37. The molecule has 0 unspecified atom stereocenters. The van der Waals surface area contributed by atoms with E-state index in [9.17, 15) is 0 Å². The SMILES string of the molecule is c1ccc(-c2nc(-c3ccccc3)nc(-c3ccnc(-n4c5ccccc5c5cc(-c6cccc7sc8ccccc8c67)ccc54)c3)n2)cc1. The van der Waals surface area contributed by atoms with Crippen molar-refractivity contribution in [1.29, 1.82) is 0 Å². The zero-order valence-electron chi connectivity index (χ0n) is 26.7. The first-order chi connectivity index (χ1) is 24.8. The first kappa shape index (κ1) is 28.5. The largest absolute Gasteiger partial charge is 0.294 e. The molecule has 0 saturated heterocycles. The third-order valence-electron chi connectivity index (χ3n) is 9.32. The molecule has 10 aromatic rings. The van der Waals surface area contributed by atoms with E-state index in [4.69, 9.17) is 19.9 Å². The zero-order valence-corrected chi connectivity index (χ0v) is 27.5. The third kappa shape index (κ3) is 4.69. The maximum Gasteiger partial charge on any atom is 0.164 e. The highest BCUT2D eigenvalue weighted by molar-refractivity contribution is 7.25. The number of hydrogen-bond donors (Lipinski definition) is 0. The number of hydrogen-bond acceptors (Lipinski definition) is 5. The summed E-state index contributed by atoms with van der Waals surface area (Å²) in [5, 5.41) is 4.97. The Hall–Kier alpha value is -6.50. The molecule has 0 bridgehead atoms. The van der Waals surface area contributed by atoms with Gasteiger partial charge in [-0.25, -0.2) is 19.9 Å². The molecule has 10 rings (SSSR count). The van der Waals surface area contributed by atoms with Crippen LogP contribution in [0, 0.1) is 0 Å². The second kappa shape index (κ2) is 11.6. The predicted octanol–water partition coefficient (Wildman–Crippen LogP) is 11.4. The van der Waals surface area contributed by atoms with Crippen LogP contribution in [0.25, 0.3) is 93.1 Å². The summed E-state index contributed by atoms with van der Waals surface area (Å²) >= 11 is 1.85. The van der Waals surface area contributed by atoms with Crippen LogP contribution in [-0.4, -0.2) is 24.5 Å². The highest BCUT2D eigenvalue weighted by Crippen LogP contribution is 2.42. The van der Waals surface area contributed by atoms with Gasteiger partial charge in [-0.15, -0.1) is 11.3 Å². The van der Waals surface area contributed by atoms with Crippen LogP contribution in [0.3, 0.4) is 0 Å². The van der Waals surface area contributed by atoms with Gasteiger partial charge in [-0.3, -0.25) is 4.57 Å².